The topological polar surface area (TPSA) is 170 Å². The molecule has 14 nitrogen and oxygen atoms in total. The average Bonchev–Trinajstić information content (AvgIpc) is 3.65. The van der Waals surface area contributed by atoms with Gasteiger partial charge in [-0.3, -0.25) is 9.59 Å². The Hall–Kier alpha value is -7.70. The molecular formula is C67H72Cl2N4O10S2. The van der Waals surface area contributed by atoms with Crippen LogP contribution in [0.15, 0.2) is 204 Å². The molecule has 0 fully saturated rings. The molecule has 0 heterocycles. The summed E-state index contributed by atoms with van der Waals surface area (Å²) in [5.41, 5.74) is 7.01. The zero-order valence-corrected chi connectivity index (χ0v) is 51.4. The maximum absolute atomic E-state index is 13.5. The molecule has 85 heavy (non-hydrogen) atoms. The van der Waals surface area contributed by atoms with Crippen LogP contribution >= 0.6 is 23.2 Å². The molecule has 0 radical (unpaired) electrons. The van der Waals surface area contributed by atoms with Crippen molar-refractivity contribution < 1.29 is 45.4 Å². The summed E-state index contributed by atoms with van der Waals surface area (Å²) in [6, 6.07) is 58.1. The molecule has 8 rings (SSSR count). The van der Waals surface area contributed by atoms with Gasteiger partial charge in [-0.2, -0.15) is 0 Å². The Labute approximate surface area is 510 Å². The molecule has 0 aliphatic rings. The fourth-order valence-corrected chi connectivity index (χ4v) is 11.4. The summed E-state index contributed by atoms with van der Waals surface area (Å²) in [6.07, 6.45) is 2.49. The van der Waals surface area contributed by atoms with Gasteiger partial charge < -0.3 is 28.7 Å². The van der Waals surface area contributed by atoms with Crippen molar-refractivity contribution in [3.8, 4) is 23.0 Å². The number of carbonyl (C=O) groups is 2. The van der Waals surface area contributed by atoms with Crippen LogP contribution in [0.5, 0.6) is 23.0 Å². The van der Waals surface area contributed by atoms with E-state index in [1.165, 1.54) is 0 Å². The minimum atomic E-state index is -3.70. The number of nitrogens with zero attached hydrogens (tertiary/aromatic N) is 2. The van der Waals surface area contributed by atoms with E-state index in [0.29, 0.717) is 85.3 Å². The van der Waals surface area contributed by atoms with Crippen molar-refractivity contribution in [1.29, 1.82) is 0 Å². The van der Waals surface area contributed by atoms with Crippen molar-refractivity contribution in [2.45, 2.75) is 81.9 Å². The number of carbonyl (C=O) groups excluding carboxylic acids is 2. The molecule has 446 valence electrons. The number of ether oxygens (including phenoxy) is 4. The minimum Gasteiger partial charge on any atom is -0.497 e. The van der Waals surface area contributed by atoms with Crippen LogP contribution in [0.2, 0.25) is 10.0 Å². The quantitative estimate of drug-likeness (QED) is 0.0460. The molecule has 8 aromatic carbocycles. The van der Waals surface area contributed by atoms with Gasteiger partial charge in [0.2, 0.25) is 31.9 Å². The van der Waals surface area contributed by atoms with E-state index in [0.717, 1.165) is 50.9 Å². The van der Waals surface area contributed by atoms with Gasteiger partial charge in [-0.05, 0) is 144 Å². The minimum absolute atomic E-state index is 0.0189. The number of rotatable bonds is 29. The molecule has 0 saturated heterocycles. The number of sulfonamides is 2. The van der Waals surface area contributed by atoms with Crippen LogP contribution in [0, 0.1) is 0 Å². The molecule has 8 aromatic rings. The highest BCUT2D eigenvalue weighted by Gasteiger charge is 2.21. The van der Waals surface area contributed by atoms with Crippen LogP contribution in [-0.4, -0.2) is 79.0 Å². The van der Waals surface area contributed by atoms with Crippen molar-refractivity contribution in [3.05, 3.63) is 249 Å². The molecule has 0 spiro atoms. The van der Waals surface area contributed by atoms with E-state index in [2.05, 4.69) is 9.44 Å². The van der Waals surface area contributed by atoms with Crippen LogP contribution in [0.4, 0.5) is 0 Å². The SMILES string of the molecule is CCCOc1ccc(Cl)cc1CN(CCc1ccc(S(=O)(=O)NCc2ccc(OC)cc2)cc1)C(=O)Cc1ccccc1.CCOc1ccc(Cl)cc1CN(CCc1ccc(S(=O)(=O)NCc2ccc(OC)cc2)cc1)C(=O)Cc1ccccc1. The molecule has 0 unspecified atom stereocenters. The smallest absolute Gasteiger partial charge is 0.240 e. The maximum atomic E-state index is 13.5. The van der Waals surface area contributed by atoms with Crippen molar-refractivity contribution in [2.75, 3.05) is 40.5 Å². The third-order valence-electron chi connectivity index (χ3n) is 13.7. The van der Waals surface area contributed by atoms with Gasteiger partial charge in [0.15, 0.2) is 0 Å². The Balaban J connectivity index is 0.000000244. The van der Waals surface area contributed by atoms with Gasteiger partial charge in [-0.25, -0.2) is 26.3 Å². The largest absolute Gasteiger partial charge is 0.497 e. The lowest BCUT2D eigenvalue weighted by Gasteiger charge is -2.25. The molecule has 0 bridgehead atoms. The molecule has 18 heteroatoms. The normalized spacial score (nSPS) is 11.2. The van der Waals surface area contributed by atoms with Crippen LogP contribution in [0.25, 0.3) is 0 Å². The number of hydrogen-bond acceptors (Lipinski definition) is 10. The van der Waals surface area contributed by atoms with Crippen molar-refractivity contribution in [2.24, 2.45) is 0 Å². The fraction of sp³-hybridized carbons (Fsp3) is 0.254. The highest BCUT2D eigenvalue weighted by Crippen LogP contribution is 2.28. The fourth-order valence-electron chi connectivity index (χ4n) is 8.96. The van der Waals surface area contributed by atoms with Crippen LogP contribution in [-0.2, 0) is 81.5 Å². The second kappa shape index (κ2) is 32.5. The Bertz CT molecular complexity index is 3620. The number of methoxy groups -OCH3 is 2. The molecule has 2 N–H and O–H groups in total. The summed E-state index contributed by atoms with van der Waals surface area (Å²) in [7, 11) is -4.23. The summed E-state index contributed by atoms with van der Waals surface area (Å²) in [5.74, 6) is 2.77. The maximum Gasteiger partial charge on any atom is 0.240 e. The van der Waals surface area contributed by atoms with Gasteiger partial charge in [0, 0.05) is 60.4 Å². The summed E-state index contributed by atoms with van der Waals surface area (Å²) >= 11 is 12.6. The lowest BCUT2D eigenvalue weighted by molar-refractivity contribution is -0.131. The lowest BCUT2D eigenvalue weighted by Crippen LogP contribution is -2.34. The zero-order chi connectivity index (χ0) is 60.6. The Morgan fingerprint density at radius 1 is 0.459 bits per heavy atom. The summed E-state index contributed by atoms with van der Waals surface area (Å²) in [6.45, 7) is 6.90. The van der Waals surface area contributed by atoms with Crippen molar-refractivity contribution in [1.82, 2.24) is 19.2 Å². The van der Waals surface area contributed by atoms with Crippen molar-refractivity contribution >= 4 is 55.1 Å². The first-order valence-electron chi connectivity index (χ1n) is 27.9. The summed E-state index contributed by atoms with van der Waals surface area (Å²) in [4.78, 5) is 30.9. The molecular weight excluding hydrogens is 1160 g/mol. The highest BCUT2D eigenvalue weighted by molar-refractivity contribution is 7.89. The van der Waals surface area contributed by atoms with E-state index in [1.54, 1.807) is 109 Å². The molecule has 2 amide bonds. The van der Waals surface area contributed by atoms with Crippen LogP contribution < -0.4 is 28.4 Å². The van der Waals surface area contributed by atoms with E-state index >= 15 is 0 Å². The number of hydrogen-bond donors (Lipinski definition) is 2. The second-order valence-corrected chi connectivity index (χ2v) is 24.3. The van der Waals surface area contributed by atoms with E-state index < -0.39 is 20.0 Å². The number of benzene rings is 8. The first-order valence-corrected chi connectivity index (χ1v) is 31.7. The number of nitrogens with one attached hydrogen (secondary N) is 2. The van der Waals surface area contributed by atoms with Gasteiger partial charge in [-0.1, -0.05) is 139 Å². The summed E-state index contributed by atoms with van der Waals surface area (Å²) in [5, 5.41) is 1.15. The standard InChI is InChI=1S/C34H37ClN2O5S.C33H35ClN2O5S/c1-3-21-42-33-18-13-30(35)23-29(33)25-37(34(38)22-27-7-5-4-6-8-27)20-19-26-11-16-32(17-12-26)43(39,40)36-24-28-9-14-31(41-2)15-10-28;1-3-41-32-18-13-29(34)22-28(32)24-36(33(37)21-26-7-5-4-6-8-26)20-19-25-11-16-31(17-12-25)42(38,39)35-23-27-9-14-30(40-2)15-10-27/h4-18,23,36H,3,19-22,24-25H2,1-2H3;4-18,22,35H,3,19-21,23-24H2,1-2H3. The molecule has 0 aliphatic carbocycles. The van der Waals surface area contributed by atoms with Gasteiger partial charge >= 0.3 is 0 Å². The molecule has 0 atom stereocenters. The summed E-state index contributed by atoms with van der Waals surface area (Å²) < 4.78 is 78.9. The Morgan fingerprint density at radius 2 is 0.835 bits per heavy atom. The van der Waals surface area contributed by atoms with E-state index in [9.17, 15) is 26.4 Å². The molecule has 0 aliphatic heterocycles. The Morgan fingerprint density at radius 3 is 1.20 bits per heavy atom. The second-order valence-electron chi connectivity index (χ2n) is 19.9. The zero-order valence-electron chi connectivity index (χ0n) is 48.2. The van der Waals surface area contributed by atoms with Gasteiger partial charge in [0.1, 0.15) is 23.0 Å². The third kappa shape index (κ3) is 20.5. The van der Waals surface area contributed by atoms with Gasteiger partial charge in [0.25, 0.3) is 0 Å². The predicted octanol–water partition coefficient (Wildman–Crippen LogP) is 12.5. The van der Waals surface area contributed by atoms with Crippen LogP contribution in [0.3, 0.4) is 0 Å². The molecule has 0 saturated carbocycles. The predicted molar refractivity (Wildman–Crippen MR) is 335 cm³/mol. The van der Waals surface area contributed by atoms with Crippen molar-refractivity contribution in [3.63, 3.8) is 0 Å². The number of amides is 2. The highest BCUT2D eigenvalue weighted by atomic mass is 35.5. The first-order chi connectivity index (χ1) is 41.0. The monoisotopic (exact) mass is 1230 g/mol. The van der Waals surface area contributed by atoms with Crippen LogP contribution in [0.1, 0.15) is 64.8 Å². The van der Waals surface area contributed by atoms with E-state index in [-0.39, 0.29) is 47.5 Å². The number of halogens is 2. The lowest BCUT2D eigenvalue weighted by atomic mass is 10.1. The third-order valence-corrected chi connectivity index (χ3v) is 17.0. The molecule has 0 aromatic heterocycles. The van der Waals surface area contributed by atoms with Gasteiger partial charge in [0.05, 0.1) is 50.1 Å². The average molecular weight is 1230 g/mol. The first kappa shape index (κ1) is 64.9. The van der Waals surface area contributed by atoms with E-state index in [4.69, 9.17) is 42.1 Å². The van der Waals surface area contributed by atoms with E-state index in [1.807, 2.05) is 123 Å². The van der Waals surface area contributed by atoms with Gasteiger partial charge in [-0.15, -0.1) is 0 Å². The Kier molecular flexibility index (Phi) is 24.8.